The molecule has 3 aromatic rings. The maximum atomic E-state index is 10.7. The van der Waals surface area contributed by atoms with Gasteiger partial charge in [0.2, 0.25) is 0 Å². The SMILES string of the molecule is Cc1ccc(OCC(O)Cn2c(C3CCOCC3)nc3ccccc32)cc1C. The van der Waals surface area contributed by atoms with E-state index in [1.807, 2.05) is 36.4 Å². The highest BCUT2D eigenvalue weighted by molar-refractivity contribution is 5.76. The van der Waals surface area contributed by atoms with Crippen molar-refractivity contribution in [2.75, 3.05) is 19.8 Å². The second kappa shape index (κ2) is 8.33. The van der Waals surface area contributed by atoms with E-state index in [0.717, 1.165) is 48.7 Å². The number of ether oxygens (including phenoxy) is 2. The van der Waals surface area contributed by atoms with Gasteiger partial charge in [-0.25, -0.2) is 4.98 Å². The summed E-state index contributed by atoms with van der Waals surface area (Å²) in [5.41, 5.74) is 4.47. The molecule has 1 fully saturated rings. The van der Waals surface area contributed by atoms with Gasteiger partial charge in [0.1, 0.15) is 24.3 Å². The number of rotatable bonds is 6. The van der Waals surface area contributed by atoms with Crippen LogP contribution < -0.4 is 4.74 Å². The summed E-state index contributed by atoms with van der Waals surface area (Å²) in [6, 6.07) is 14.1. The van der Waals surface area contributed by atoms with E-state index in [9.17, 15) is 5.11 Å². The Morgan fingerprint density at radius 2 is 1.93 bits per heavy atom. The van der Waals surface area contributed by atoms with Gasteiger partial charge in [0, 0.05) is 19.1 Å². The molecule has 0 saturated carbocycles. The summed E-state index contributed by atoms with van der Waals surface area (Å²) >= 11 is 0. The first-order chi connectivity index (χ1) is 13.6. The summed E-state index contributed by atoms with van der Waals surface area (Å²) in [5, 5.41) is 10.7. The third-order valence-corrected chi connectivity index (χ3v) is 5.58. The highest BCUT2D eigenvalue weighted by Crippen LogP contribution is 2.29. The minimum absolute atomic E-state index is 0.252. The fraction of sp³-hybridized carbons (Fsp3) is 0.435. The van der Waals surface area contributed by atoms with E-state index in [1.165, 1.54) is 11.1 Å². The van der Waals surface area contributed by atoms with Crippen molar-refractivity contribution < 1.29 is 14.6 Å². The van der Waals surface area contributed by atoms with Gasteiger partial charge in [-0.1, -0.05) is 18.2 Å². The summed E-state index contributed by atoms with van der Waals surface area (Å²) in [5.74, 6) is 2.21. The van der Waals surface area contributed by atoms with Crippen molar-refractivity contribution in [3.8, 4) is 5.75 Å². The van der Waals surface area contributed by atoms with Crippen LogP contribution in [0.25, 0.3) is 11.0 Å². The van der Waals surface area contributed by atoms with Crippen LogP contribution in [0.4, 0.5) is 0 Å². The van der Waals surface area contributed by atoms with Gasteiger partial charge in [-0.2, -0.15) is 0 Å². The van der Waals surface area contributed by atoms with Gasteiger partial charge in [0.25, 0.3) is 0 Å². The van der Waals surface area contributed by atoms with Crippen molar-refractivity contribution in [2.45, 2.75) is 45.3 Å². The van der Waals surface area contributed by atoms with Gasteiger partial charge < -0.3 is 19.1 Å². The van der Waals surface area contributed by atoms with Crippen LogP contribution in [-0.2, 0) is 11.3 Å². The van der Waals surface area contributed by atoms with Gasteiger partial charge in [-0.3, -0.25) is 0 Å². The second-order valence-electron chi connectivity index (χ2n) is 7.67. The van der Waals surface area contributed by atoms with E-state index in [-0.39, 0.29) is 6.61 Å². The zero-order valence-corrected chi connectivity index (χ0v) is 16.6. The molecule has 1 atom stereocenters. The number of hydrogen-bond acceptors (Lipinski definition) is 4. The molecule has 28 heavy (non-hydrogen) atoms. The first-order valence-electron chi connectivity index (χ1n) is 10.0. The third-order valence-electron chi connectivity index (χ3n) is 5.58. The molecule has 148 valence electrons. The maximum Gasteiger partial charge on any atom is 0.119 e. The zero-order chi connectivity index (χ0) is 19.5. The Morgan fingerprint density at radius 3 is 2.71 bits per heavy atom. The zero-order valence-electron chi connectivity index (χ0n) is 16.6. The number of aliphatic hydroxyl groups excluding tert-OH is 1. The van der Waals surface area contributed by atoms with Crippen LogP contribution in [0.15, 0.2) is 42.5 Å². The molecule has 1 unspecified atom stereocenters. The molecule has 5 nitrogen and oxygen atoms in total. The summed E-state index contributed by atoms with van der Waals surface area (Å²) in [7, 11) is 0. The molecule has 1 aromatic heterocycles. The van der Waals surface area contributed by atoms with Gasteiger partial charge in [0.05, 0.1) is 17.6 Å². The number of imidazole rings is 1. The van der Waals surface area contributed by atoms with Crippen LogP contribution in [0.3, 0.4) is 0 Å². The Balaban J connectivity index is 1.51. The largest absolute Gasteiger partial charge is 0.491 e. The third kappa shape index (κ3) is 4.05. The highest BCUT2D eigenvalue weighted by Gasteiger charge is 2.24. The van der Waals surface area contributed by atoms with E-state index < -0.39 is 6.10 Å². The van der Waals surface area contributed by atoms with Crippen molar-refractivity contribution in [1.29, 1.82) is 0 Å². The first kappa shape index (κ1) is 19.0. The Hall–Kier alpha value is -2.37. The Bertz CT molecular complexity index is 944. The van der Waals surface area contributed by atoms with Crippen molar-refractivity contribution in [3.05, 3.63) is 59.4 Å². The fourth-order valence-corrected chi connectivity index (χ4v) is 3.81. The predicted octanol–water partition coefficient (Wildman–Crippen LogP) is 3.99. The lowest BCUT2D eigenvalue weighted by Crippen LogP contribution is -2.26. The summed E-state index contributed by atoms with van der Waals surface area (Å²) in [6.45, 7) is 6.41. The minimum Gasteiger partial charge on any atom is -0.491 e. The fourth-order valence-electron chi connectivity index (χ4n) is 3.81. The number of fused-ring (bicyclic) bond motifs is 1. The van der Waals surface area contributed by atoms with E-state index in [0.29, 0.717) is 12.5 Å². The average molecular weight is 380 g/mol. The van der Waals surface area contributed by atoms with Crippen LogP contribution >= 0.6 is 0 Å². The molecule has 1 saturated heterocycles. The van der Waals surface area contributed by atoms with Crippen LogP contribution in [0.1, 0.15) is 35.7 Å². The number of benzene rings is 2. The van der Waals surface area contributed by atoms with Crippen LogP contribution in [0.2, 0.25) is 0 Å². The first-order valence-corrected chi connectivity index (χ1v) is 10.0. The molecule has 0 radical (unpaired) electrons. The molecular weight excluding hydrogens is 352 g/mol. The summed E-state index contributed by atoms with van der Waals surface area (Å²) in [6.07, 6.45) is 1.33. The number of aliphatic hydroxyl groups is 1. The quantitative estimate of drug-likeness (QED) is 0.703. The van der Waals surface area contributed by atoms with Crippen LogP contribution in [0, 0.1) is 13.8 Å². The molecule has 4 rings (SSSR count). The van der Waals surface area contributed by atoms with E-state index in [4.69, 9.17) is 14.5 Å². The standard InChI is InChI=1S/C23H28N2O3/c1-16-7-8-20(13-17(16)2)28-15-19(26)14-25-22-6-4-3-5-21(22)24-23(25)18-9-11-27-12-10-18/h3-8,13,18-19,26H,9-12,14-15H2,1-2H3. The average Bonchev–Trinajstić information content (AvgIpc) is 3.08. The molecule has 0 spiro atoms. The highest BCUT2D eigenvalue weighted by atomic mass is 16.5. The molecule has 2 heterocycles. The van der Waals surface area contributed by atoms with Crippen molar-refractivity contribution >= 4 is 11.0 Å². The van der Waals surface area contributed by atoms with Gasteiger partial charge in [-0.15, -0.1) is 0 Å². The molecule has 5 heteroatoms. The number of aromatic nitrogens is 2. The number of nitrogens with zero attached hydrogens (tertiary/aromatic N) is 2. The summed E-state index contributed by atoms with van der Waals surface area (Å²) < 4.78 is 13.5. The van der Waals surface area contributed by atoms with Crippen molar-refractivity contribution in [2.24, 2.45) is 0 Å². The molecule has 0 aliphatic carbocycles. The molecule has 0 bridgehead atoms. The second-order valence-corrected chi connectivity index (χ2v) is 7.67. The predicted molar refractivity (Wildman–Crippen MR) is 110 cm³/mol. The maximum absolute atomic E-state index is 10.7. The molecule has 1 N–H and O–H groups in total. The number of aryl methyl sites for hydroxylation is 2. The molecule has 1 aliphatic rings. The van der Waals surface area contributed by atoms with Crippen molar-refractivity contribution in [1.82, 2.24) is 9.55 Å². The number of hydrogen-bond donors (Lipinski definition) is 1. The Morgan fingerprint density at radius 1 is 1.14 bits per heavy atom. The Labute approximate surface area is 165 Å². The summed E-state index contributed by atoms with van der Waals surface area (Å²) in [4.78, 5) is 4.88. The molecule has 0 amide bonds. The number of para-hydroxylation sites is 2. The van der Waals surface area contributed by atoms with Crippen molar-refractivity contribution in [3.63, 3.8) is 0 Å². The minimum atomic E-state index is -0.613. The van der Waals surface area contributed by atoms with E-state index >= 15 is 0 Å². The van der Waals surface area contributed by atoms with Crippen LogP contribution in [-0.4, -0.2) is 40.6 Å². The lowest BCUT2D eigenvalue weighted by molar-refractivity contribution is 0.0780. The van der Waals surface area contributed by atoms with Gasteiger partial charge in [0.15, 0.2) is 0 Å². The van der Waals surface area contributed by atoms with Gasteiger partial charge >= 0.3 is 0 Å². The van der Waals surface area contributed by atoms with Gasteiger partial charge in [-0.05, 0) is 62.1 Å². The smallest absolute Gasteiger partial charge is 0.119 e. The lowest BCUT2D eigenvalue weighted by Gasteiger charge is -2.23. The monoisotopic (exact) mass is 380 g/mol. The van der Waals surface area contributed by atoms with E-state index in [2.05, 4.69) is 24.5 Å². The lowest BCUT2D eigenvalue weighted by atomic mass is 9.99. The molecule has 2 aromatic carbocycles. The normalized spacial score (nSPS) is 16.4. The topological polar surface area (TPSA) is 56.5 Å². The molecular formula is C23H28N2O3. The van der Waals surface area contributed by atoms with Crippen LogP contribution in [0.5, 0.6) is 5.75 Å². The Kier molecular flexibility index (Phi) is 5.64. The molecule has 1 aliphatic heterocycles. The van der Waals surface area contributed by atoms with E-state index in [1.54, 1.807) is 0 Å².